The van der Waals surface area contributed by atoms with Gasteiger partial charge in [0.2, 0.25) is 0 Å². The van der Waals surface area contributed by atoms with Crippen LogP contribution in [0, 0.1) is 0 Å². The van der Waals surface area contributed by atoms with Gasteiger partial charge in [0.1, 0.15) is 11.6 Å². The Morgan fingerprint density at radius 3 is 3.05 bits per heavy atom. The van der Waals surface area contributed by atoms with E-state index in [1.807, 2.05) is 31.2 Å². The summed E-state index contributed by atoms with van der Waals surface area (Å²) in [6, 6.07) is 7.83. The molecule has 1 atom stereocenters. The lowest BCUT2D eigenvalue weighted by Gasteiger charge is -2.24. The van der Waals surface area contributed by atoms with E-state index < -0.39 is 0 Å². The summed E-state index contributed by atoms with van der Waals surface area (Å²) in [5.41, 5.74) is 6.19. The van der Waals surface area contributed by atoms with Crippen molar-refractivity contribution in [2.45, 2.75) is 24.3 Å². The molecule has 0 saturated carbocycles. The van der Waals surface area contributed by atoms with Gasteiger partial charge in [-0.1, -0.05) is 19.1 Å². The molecule has 0 spiro atoms. The van der Waals surface area contributed by atoms with E-state index in [-0.39, 0.29) is 11.7 Å². The Bertz CT molecular complexity index is 699. The lowest BCUT2D eigenvalue weighted by Crippen LogP contribution is -2.25. The molecule has 0 saturated heterocycles. The van der Waals surface area contributed by atoms with Gasteiger partial charge in [0.05, 0.1) is 5.56 Å². The number of nitrogens with one attached hydrogen (secondary N) is 1. The number of hydrogen-bond acceptors (Lipinski definition) is 5. The first kappa shape index (κ1) is 13.1. The van der Waals surface area contributed by atoms with Gasteiger partial charge in [-0.2, -0.15) is 0 Å². The highest BCUT2D eigenvalue weighted by atomic mass is 32.2. The number of nitrogens with two attached hydrogens (primary N) is 1. The van der Waals surface area contributed by atoms with Crippen LogP contribution < -0.4 is 16.0 Å². The Kier molecular flexibility index (Phi) is 3.40. The minimum Gasteiger partial charge on any atom is -0.480 e. The largest absolute Gasteiger partial charge is 0.480 e. The normalized spacial score (nSPS) is 17.4. The van der Waals surface area contributed by atoms with Gasteiger partial charge in [0, 0.05) is 10.6 Å². The zero-order valence-corrected chi connectivity index (χ0v) is 11.9. The summed E-state index contributed by atoms with van der Waals surface area (Å²) in [4.78, 5) is 20.1. The number of anilines is 1. The molecule has 1 unspecified atom stereocenters. The second kappa shape index (κ2) is 5.20. The first-order valence-electron chi connectivity index (χ1n) is 6.46. The SMILES string of the molecule is CCc1c(N)nc(C2CSc3ccccc3O2)[nH]c1=O. The average molecular weight is 289 g/mol. The topological polar surface area (TPSA) is 81.0 Å². The quantitative estimate of drug-likeness (QED) is 0.885. The van der Waals surface area contributed by atoms with Crippen molar-refractivity contribution < 1.29 is 4.74 Å². The fourth-order valence-electron chi connectivity index (χ4n) is 2.18. The molecular weight excluding hydrogens is 274 g/mol. The number of fused-ring (bicyclic) bond motifs is 1. The molecule has 1 aliphatic rings. The Balaban J connectivity index is 1.94. The van der Waals surface area contributed by atoms with Gasteiger partial charge >= 0.3 is 0 Å². The minimum atomic E-state index is -0.282. The molecule has 0 aliphatic carbocycles. The van der Waals surface area contributed by atoms with E-state index in [2.05, 4.69) is 9.97 Å². The monoisotopic (exact) mass is 289 g/mol. The maximum absolute atomic E-state index is 11.9. The smallest absolute Gasteiger partial charge is 0.256 e. The van der Waals surface area contributed by atoms with Crippen molar-refractivity contribution >= 4 is 17.6 Å². The number of hydrogen-bond donors (Lipinski definition) is 2. The summed E-state index contributed by atoms with van der Waals surface area (Å²) in [6.45, 7) is 1.88. The first-order valence-corrected chi connectivity index (χ1v) is 7.44. The zero-order valence-electron chi connectivity index (χ0n) is 11.1. The number of thioether (sulfide) groups is 1. The van der Waals surface area contributed by atoms with Gasteiger partial charge in [-0.05, 0) is 18.6 Å². The van der Waals surface area contributed by atoms with E-state index in [4.69, 9.17) is 10.5 Å². The van der Waals surface area contributed by atoms with E-state index in [0.717, 1.165) is 10.6 Å². The molecule has 104 valence electrons. The molecule has 0 fully saturated rings. The standard InChI is InChI=1S/C14H15N3O2S/c1-2-8-12(15)16-13(17-14(8)18)10-7-20-11-6-4-3-5-9(11)19-10/h3-6,10H,2,7H2,1H3,(H3,15,16,17,18). The van der Waals surface area contributed by atoms with Crippen LogP contribution in [0.1, 0.15) is 24.4 Å². The van der Waals surface area contributed by atoms with Gasteiger partial charge < -0.3 is 15.5 Å². The summed E-state index contributed by atoms with van der Waals surface area (Å²) in [5.74, 6) is 2.30. The molecule has 5 nitrogen and oxygen atoms in total. The Labute approximate surface area is 120 Å². The fourth-order valence-corrected chi connectivity index (χ4v) is 3.17. The van der Waals surface area contributed by atoms with E-state index in [1.54, 1.807) is 11.8 Å². The van der Waals surface area contributed by atoms with Crippen molar-refractivity contribution in [3.63, 3.8) is 0 Å². The summed E-state index contributed by atoms with van der Waals surface area (Å²) >= 11 is 1.69. The van der Waals surface area contributed by atoms with Crippen LogP contribution in [0.5, 0.6) is 5.75 Å². The maximum atomic E-state index is 11.9. The van der Waals surface area contributed by atoms with Crippen molar-refractivity contribution in [3.05, 3.63) is 46.0 Å². The van der Waals surface area contributed by atoms with Crippen molar-refractivity contribution in [1.82, 2.24) is 9.97 Å². The third-order valence-electron chi connectivity index (χ3n) is 3.23. The summed E-state index contributed by atoms with van der Waals surface area (Å²) in [6.07, 6.45) is 0.285. The summed E-state index contributed by atoms with van der Waals surface area (Å²) in [7, 11) is 0. The maximum Gasteiger partial charge on any atom is 0.256 e. The zero-order chi connectivity index (χ0) is 14.1. The van der Waals surface area contributed by atoms with Crippen LogP contribution in [-0.2, 0) is 6.42 Å². The second-order valence-electron chi connectivity index (χ2n) is 4.53. The molecule has 2 heterocycles. The molecule has 0 amide bonds. The Hall–Kier alpha value is -1.95. The summed E-state index contributed by atoms with van der Waals surface area (Å²) < 4.78 is 5.89. The molecule has 6 heteroatoms. The van der Waals surface area contributed by atoms with Crippen molar-refractivity contribution in [1.29, 1.82) is 0 Å². The summed E-state index contributed by atoms with van der Waals surface area (Å²) in [5, 5.41) is 0. The van der Waals surface area contributed by atoms with Crippen molar-refractivity contribution in [2.75, 3.05) is 11.5 Å². The molecular formula is C14H15N3O2S. The van der Waals surface area contributed by atoms with Gasteiger partial charge in [-0.3, -0.25) is 4.79 Å². The number of ether oxygens (including phenoxy) is 1. The Morgan fingerprint density at radius 1 is 1.50 bits per heavy atom. The molecule has 2 aromatic rings. The van der Waals surface area contributed by atoms with Crippen molar-refractivity contribution in [3.8, 4) is 5.75 Å². The molecule has 1 aliphatic heterocycles. The van der Waals surface area contributed by atoms with Crippen LogP contribution in [-0.4, -0.2) is 15.7 Å². The molecule has 0 bridgehead atoms. The number of rotatable bonds is 2. The van der Waals surface area contributed by atoms with Crippen LogP contribution in [0.4, 0.5) is 5.82 Å². The van der Waals surface area contributed by atoms with E-state index >= 15 is 0 Å². The predicted molar refractivity (Wildman–Crippen MR) is 79.2 cm³/mol. The molecule has 3 rings (SSSR count). The lowest BCUT2D eigenvalue weighted by molar-refractivity contribution is 0.210. The second-order valence-corrected chi connectivity index (χ2v) is 5.59. The first-order chi connectivity index (χ1) is 9.69. The molecule has 0 radical (unpaired) electrons. The molecule has 3 N–H and O–H groups in total. The number of H-pyrrole nitrogens is 1. The van der Waals surface area contributed by atoms with Crippen LogP contribution in [0.3, 0.4) is 0 Å². The third-order valence-corrected chi connectivity index (χ3v) is 4.35. The van der Waals surface area contributed by atoms with Crippen LogP contribution >= 0.6 is 11.8 Å². The highest BCUT2D eigenvalue weighted by Gasteiger charge is 2.24. The molecule has 1 aromatic heterocycles. The van der Waals surface area contributed by atoms with Gasteiger partial charge in [-0.25, -0.2) is 4.98 Å². The number of nitrogen functional groups attached to an aromatic ring is 1. The van der Waals surface area contributed by atoms with Crippen LogP contribution in [0.2, 0.25) is 0 Å². The van der Waals surface area contributed by atoms with Gasteiger partial charge in [0.25, 0.3) is 5.56 Å². The molecule has 20 heavy (non-hydrogen) atoms. The number of para-hydroxylation sites is 1. The van der Waals surface area contributed by atoms with Crippen molar-refractivity contribution in [2.24, 2.45) is 0 Å². The van der Waals surface area contributed by atoms with Gasteiger partial charge in [0.15, 0.2) is 11.9 Å². The average Bonchev–Trinajstić information content (AvgIpc) is 2.46. The van der Waals surface area contributed by atoms with E-state index in [0.29, 0.717) is 29.4 Å². The highest BCUT2D eigenvalue weighted by molar-refractivity contribution is 7.99. The fraction of sp³-hybridized carbons (Fsp3) is 0.286. The highest BCUT2D eigenvalue weighted by Crippen LogP contribution is 2.39. The third kappa shape index (κ3) is 2.27. The predicted octanol–water partition coefficient (Wildman–Crippen LogP) is 2.14. The number of benzene rings is 1. The van der Waals surface area contributed by atoms with E-state index in [1.165, 1.54) is 0 Å². The van der Waals surface area contributed by atoms with E-state index in [9.17, 15) is 4.79 Å². The molecule has 1 aromatic carbocycles. The van der Waals surface area contributed by atoms with Crippen LogP contribution in [0.15, 0.2) is 34.0 Å². The van der Waals surface area contributed by atoms with Crippen LogP contribution in [0.25, 0.3) is 0 Å². The Morgan fingerprint density at radius 2 is 2.30 bits per heavy atom. The lowest BCUT2D eigenvalue weighted by atomic mass is 10.2. The van der Waals surface area contributed by atoms with Gasteiger partial charge in [-0.15, -0.1) is 11.8 Å². The number of aromatic nitrogens is 2. The number of nitrogens with zero attached hydrogens (tertiary/aromatic N) is 1. The minimum absolute atomic E-state index is 0.178. The number of aromatic amines is 1.